The van der Waals surface area contributed by atoms with Crippen molar-refractivity contribution in [1.29, 1.82) is 0 Å². The average Bonchev–Trinajstić information content (AvgIpc) is 2.97. The van der Waals surface area contributed by atoms with E-state index < -0.39 is 28.9 Å². The third-order valence-corrected chi connectivity index (χ3v) is 5.77. The van der Waals surface area contributed by atoms with E-state index in [9.17, 15) is 18.4 Å². The molecule has 1 aromatic heterocycles. The molecule has 0 aliphatic rings. The molecule has 4 aromatic rings. The smallest absolute Gasteiger partial charge is 0.296 e. The number of amides is 1. The van der Waals surface area contributed by atoms with Gasteiger partial charge < -0.3 is 33.7 Å². The number of carbonyl (C=O) groups excluding carboxylic acids is 2. The third kappa shape index (κ3) is 7.25. The number of hydrogen-bond donors (Lipinski definition) is 1. The molecule has 0 unspecified atom stereocenters. The summed E-state index contributed by atoms with van der Waals surface area (Å²) in [6, 6.07) is 10.8. The Bertz CT molecular complexity index is 1540. The van der Waals surface area contributed by atoms with E-state index in [0.29, 0.717) is 41.4 Å². The van der Waals surface area contributed by atoms with Gasteiger partial charge in [0.05, 0.1) is 36.8 Å². The number of Topliss-reactive ketones (excluding diaryl/α,β-unsaturated/α-hetero) is 1. The summed E-state index contributed by atoms with van der Waals surface area (Å²) in [6.07, 6.45) is 1.20. The van der Waals surface area contributed by atoms with Crippen LogP contribution in [0.4, 0.5) is 14.5 Å². The number of rotatable bonds is 14. The van der Waals surface area contributed by atoms with Gasteiger partial charge in [-0.3, -0.25) is 9.59 Å². The molecule has 0 saturated carbocycles. The molecule has 0 fully saturated rings. The molecule has 1 heterocycles. The Hall–Kier alpha value is -4.88. The second-order valence-corrected chi connectivity index (χ2v) is 8.55. The number of ketones is 1. The normalized spacial score (nSPS) is 10.8. The van der Waals surface area contributed by atoms with Gasteiger partial charge in [0, 0.05) is 38.1 Å². The molecule has 4 rings (SSSR count). The topological polar surface area (TPSA) is 127 Å². The first-order valence-electron chi connectivity index (χ1n) is 12.5. The molecule has 1 N–H and O–H groups in total. The van der Waals surface area contributed by atoms with Gasteiger partial charge in [-0.1, -0.05) is 0 Å². The molecular formula is C29H27F2N3O8. The van der Waals surface area contributed by atoms with Crippen molar-refractivity contribution in [3.8, 4) is 28.9 Å². The van der Waals surface area contributed by atoms with Crippen LogP contribution in [0.1, 0.15) is 10.4 Å². The van der Waals surface area contributed by atoms with Gasteiger partial charge >= 0.3 is 0 Å². The fourth-order valence-electron chi connectivity index (χ4n) is 3.73. The van der Waals surface area contributed by atoms with Gasteiger partial charge in [0.25, 0.3) is 11.7 Å². The Morgan fingerprint density at radius 1 is 0.786 bits per heavy atom. The lowest BCUT2D eigenvalue weighted by Gasteiger charge is -2.15. The highest BCUT2D eigenvalue weighted by atomic mass is 19.1. The zero-order valence-corrected chi connectivity index (χ0v) is 22.9. The first-order chi connectivity index (χ1) is 20.3. The van der Waals surface area contributed by atoms with Crippen molar-refractivity contribution in [2.75, 3.05) is 53.1 Å². The molecular weight excluding hydrogens is 556 g/mol. The van der Waals surface area contributed by atoms with Crippen LogP contribution >= 0.6 is 0 Å². The Morgan fingerprint density at radius 3 is 2.00 bits per heavy atom. The summed E-state index contributed by atoms with van der Waals surface area (Å²) >= 11 is 0. The van der Waals surface area contributed by atoms with E-state index in [1.165, 1.54) is 32.7 Å². The molecule has 42 heavy (non-hydrogen) atoms. The zero-order valence-electron chi connectivity index (χ0n) is 22.9. The molecule has 0 spiro atoms. The predicted octanol–water partition coefficient (Wildman–Crippen LogP) is 4.58. The second-order valence-electron chi connectivity index (χ2n) is 8.55. The number of methoxy groups -OCH3 is 3. The van der Waals surface area contributed by atoms with Crippen molar-refractivity contribution in [1.82, 2.24) is 9.97 Å². The molecule has 0 saturated heterocycles. The van der Waals surface area contributed by atoms with Gasteiger partial charge in [-0.05, 0) is 30.3 Å². The van der Waals surface area contributed by atoms with Gasteiger partial charge in [0.1, 0.15) is 42.7 Å². The molecule has 1 amide bonds. The summed E-state index contributed by atoms with van der Waals surface area (Å²) in [5.41, 5.74) is -0.398. The quantitative estimate of drug-likeness (QED) is 0.128. The predicted molar refractivity (Wildman–Crippen MR) is 147 cm³/mol. The van der Waals surface area contributed by atoms with Crippen molar-refractivity contribution < 1.29 is 46.8 Å². The van der Waals surface area contributed by atoms with Crippen LogP contribution in [0, 0.1) is 11.6 Å². The Morgan fingerprint density at radius 2 is 1.40 bits per heavy atom. The molecule has 0 aliphatic carbocycles. The van der Waals surface area contributed by atoms with Crippen LogP contribution in [-0.2, 0) is 14.3 Å². The summed E-state index contributed by atoms with van der Waals surface area (Å²) in [7, 11) is 4.54. The SMILES string of the molecule is COCCOc1cc2ncnc(Oc3cc(F)c(C(=O)C(=O)Nc4ccc(OC)cc4)c(F)c3)c2cc1OCCOC. The number of nitrogens with one attached hydrogen (secondary N) is 1. The van der Waals surface area contributed by atoms with Gasteiger partial charge in [-0.2, -0.15) is 0 Å². The van der Waals surface area contributed by atoms with Gasteiger partial charge in [0.15, 0.2) is 11.5 Å². The van der Waals surface area contributed by atoms with Crippen LogP contribution < -0.4 is 24.3 Å². The molecule has 3 aromatic carbocycles. The average molecular weight is 584 g/mol. The standard InChI is InChI=1S/C29H27F2N3O8/c1-37-8-10-40-24-14-20-23(15-25(24)41-11-9-38-2)32-16-33-29(20)42-19-12-21(30)26(22(31)13-19)27(35)28(36)34-17-4-6-18(39-3)7-5-17/h4-7,12-16H,8-11H2,1-3H3,(H,34,36). The second kappa shape index (κ2) is 14.1. The molecule has 13 heteroatoms. The highest BCUT2D eigenvalue weighted by molar-refractivity contribution is 6.46. The Labute approximate surface area is 239 Å². The zero-order chi connectivity index (χ0) is 30.1. The Balaban J connectivity index is 1.58. The van der Waals surface area contributed by atoms with Crippen molar-refractivity contribution >= 4 is 28.3 Å². The summed E-state index contributed by atoms with van der Waals surface area (Å²) < 4.78 is 62.3. The maximum Gasteiger partial charge on any atom is 0.296 e. The molecule has 0 bridgehead atoms. The number of anilines is 1. The largest absolute Gasteiger partial charge is 0.497 e. The van der Waals surface area contributed by atoms with E-state index in [0.717, 1.165) is 12.1 Å². The highest BCUT2D eigenvalue weighted by Crippen LogP contribution is 2.37. The van der Waals surface area contributed by atoms with E-state index in [2.05, 4.69) is 15.3 Å². The van der Waals surface area contributed by atoms with Gasteiger partial charge in [-0.15, -0.1) is 0 Å². The number of aromatic nitrogens is 2. The lowest BCUT2D eigenvalue weighted by atomic mass is 10.1. The number of halogens is 2. The van der Waals surface area contributed by atoms with Crippen molar-refractivity contribution in [2.45, 2.75) is 0 Å². The first-order valence-corrected chi connectivity index (χ1v) is 12.5. The highest BCUT2D eigenvalue weighted by Gasteiger charge is 2.26. The number of fused-ring (bicyclic) bond motifs is 1. The fourth-order valence-corrected chi connectivity index (χ4v) is 3.73. The number of nitrogens with zero attached hydrogens (tertiary/aromatic N) is 2. The van der Waals surface area contributed by atoms with Gasteiger partial charge in [-0.25, -0.2) is 18.7 Å². The van der Waals surface area contributed by atoms with E-state index in [4.69, 9.17) is 28.4 Å². The van der Waals surface area contributed by atoms with Crippen LogP contribution in [0.5, 0.6) is 28.9 Å². The van der Waals surface area contributed by atoms with Crippen molar-refractivity contribution in [3.05, 3.63) is 72.1 Å². The molecule has 11 nitrogen and oxygen atoms in total. The number of ether oxygens (including phenoxy) is 6. The summed E-state index contributed by atoms with van der Waals surface area (Å²) in [5, 5.41) is 2.65. The molecule has 220 valence electrons. The fraction of sp³-hybridized carbons (Fsp3) is 0.241. The van der Waals surface area contributed by atoms with Crippen LogP contribution in [-0.4, -0.2) is 69.4 Å². The molecule has 0 aliphatic heterocycles. The summed E-state index contributed by atoms with van der Waals surface area (Å²) in [5.74, 6) is -4.34. The van der Waals surface area contributed by atoms with Crippen LogP contribution in [0.3, 0.4) is 0 Å². The summed E-state index contributed by atoms with van der Waals surface area (Å²) in [4.78, 5) is 33.3. The van der Waals surface area contributed by atoms with E-state index in [1.54, 1.807) is 31.4 Å². The van der Waals surface area contributed by atoms with Crippen LogP contribution in [0.2, 0.25) is 0 Å². The Kier molecular flexibility index (Phi) is 10.1. The van der Waals surface area contributed by atoms with Crippen molar-refractivity contribution in [2.24, 2.45) is 0 Å². The van der Waals surface area contributed by atoms with E-state index >= 15 is 0 Å². The lowest BCUT2D eigenvalue weighted by Crippen LogP contribution is -2.25. The summed E-state index contributed by atoms with van der Waals surface area (Å²) in [6.45, 7) is 1.11. The number of carbonyl (C=O) groups is 2. The lowest BCUT2D eigenvalue weighted by molar-refractivity contribution is -0.112. The minimum absolute atomic E-state index is 0.0461. The third-order valence-electron chi connectivity index (χ3n) is 5.77. The minimum atomic E-state index is -1.40. The number of hydrogen-bond acceptors (Lipinski definition) is 10. The van der Waals surface area contributed by atoms with Crippen LogP contribution in [0.15, 0.2) is 54.9 Å². The van der Waals surface area contributed by atoms with E-state index in [1.807, 2.05) is 0 Å². The molecule has 0 radical (unpaired) electrons. The minimum Gasteiger partial charge on any atom is -0.497 e. The maximum absolute atomic E-state index is 15.0. The van der Waals surface area contributed by atoms with E-state index in [-0.39, 0.29) is 30.5 Å². The van der Waals surface area contributed by atoms with Gasteiger partial charge in [0.2, 0.25) is 5.88 Å². The number of benzene rings is 3. The van der Waals surface area contributed by atoms with Crippen molar-refractivity contribution in [3.63, 3.8) is 0 Å². The molecule has 0 atom stereocenters. The van der Waals surface area contributed by atoms with Crippen LogP contribution in [0.25, 0.3) is 10.9 Å². The first kappa shape index (κ1) is 30.1. The monoisotopic (exact) mass is 583 g/mol. The maximum atomic E-state index is 15.0.